The van der Waals surface area contributed by atoms with Crippen molar-refractivity contribution >= 4 is 11.7 Å². The SMILES string of the molecule is CNc1nccnc1C[C@@H]1CCCN(C(=O)CCN)C1. The maximum absolute atomic E-state index is 11.9. The van der Waals surface area contributed by atoms with E-state index in [0.29, 0.717) is 18.9 Å². The molecule has 1 aromatic heterocycles. The molecule has 0 bridgehead atoms. The Hall–Kier alpha value is -1.69. The molecule has 0 saturated carbocycles. The smallest absolute Gasteiger partial charge is 0.223 e. The van der Waals surface area contributed by atoms with Gasteiger partial charge in [-0.05, 0) is 25.2 Å². The van der Waals surface area contributed by atoms with E-state index in [1.807, 2.05) is 11.9 Å². The summed E-state index contributed by atoms with van der Waals surface area (Å²) in [4.78, 5) is 22.5. The van der Waals surface area contributed by atoms with Gasteiger partial charge in [0.05, 0.1) is 5.69 Å². The van der Waals surface area contributed by atoms with Gasteiger partial charge in [0.2, 0.25) is 5.91 Å². The molecule has 1 fully saturated rings. The van der Waals surface area contributed by atoms with Crippen molar-refractivity contribution in [1.82, 2.24) is 14.9 Å². The van der Waals surface area contributed by atoms with Crippen molar-refractivity contribution in [3.8, 4) is 0 Å². The molecule has 1 saturated heterocycles. The van der Waals surface area contributed by atoms with Gasteiger partial charge < -0.3 is 16.0 Å². The summed E-state index contributed by atoms with van der Waals surface area (Å²) in [6.45, 7) is 2.08. The number of hydrogen-bond acceptors (Lipinski definition) is 5. The molecule has 0 aliphatic carbocycles. The van der Waals surface area contributed by atoms with Crippen LogP contribution in [0.4, 0.5) is 5.82 Å². The van der Waals surface area contributed by atoms with Gasteiger partial charge in [0.25, 0.3) is 0 Å². The van der Waals surface area contributed by atoms with Crippen molar-refractivity contribution in [1.29, 1.82) is 0 Å². The Bertz CT molecular complexity index is 451. The third-order valence-electron chi connectivity index (χ3n) is 3.72. The van der Waals surface area contributed by atoms with Crippen molar-refractivity contribution in [2.45, 2.75) is 25.7 Å². The highest BCUT2D eigenvalue weighted by molar-refractivity contribution is 5.76. The summed E-state index contributed by atoms with van der Waals surface area (Å²) in [6.07, 6.45) is 6.89. The summed E-state index contributed by atoms with van der Waals surface area (Å²) in [7, 11) is 1.85. The zero-order valence-electron chi connectivity index (χ0n) is 12.0. The standard InChI is InChI=1S/C14H23N5O/c1-16-14-12(17-6-7-18-14)9-11-3-2-8-19(10-11)13(20)4-5-15/h6-7,11H,2-5,8-10,15H2,1H3,(H,16,18)/t11-/m0/s1. The van der Waals surface area contributed by atoms with Crippen molar-refractivity contribution < 1.29 is 4.79 Å². The number of nitrogens with two attached hydrogens (primary N) is 1. The van der Waals surface area contributed by atoms with E-state index in [1.54, 1.807) is 12.4 Å². The van der Waals surface area contributed by atoms with Gasteiger partial charge in [-0.3, -0.25) is 9.78 Å². The quantitative estimate of drug-likeness (QED) is 0.825. The molecule has 1 aliphatic heterocycles. The normalized spacial score (nSPS) is 18.9. The first-order valence-electron chi connectivity index (χ1n) is 7.20. The number of carbonyl (C=O) groups excluding carboxylic acids is 1. The van der Waals surface area contributed by atoms with Crippen LogP contribution in [0.5, 0.6) is 0 Å². The molecular weight excluding hydrogens is 254 g/mol. The second-order valence-corrected chi connectivity index (χ2v) is 5.19. The van der Waals surface area contributed by atoms with Crippen molar-refractivity contribution in [2.24, 2.45) is 11.7 Å². The van der Waals surface area contributed by atoms with Crippen molar-refractivity contribution in [3.63, 3.8) is 0 Å². The van der Waals surface area contributed by atoms with Crippen LogP contribution in [-0.4, -0.2) is 47.5 Å². The van der Waals surface area contributed by atoms with E-state index < -0.39 is 0 Å². The Morgan fingerprint density at radius 3 is 3.05 bits per heavy atom. The zero-order valence-corrected chi connectivity index (χ0v) is 12.0. The maximum atomic E-state index is 11.9. The highest BCUT2D eigenvalue weighted by Gasteiger charge is 2.24. The summed E-state index contributed by atoms with van der Waals surface area (Å²) in [6, 6.07) is 0. The number of likely N-dealkylation sites (tertiary alicyclic amines) is 1. The second kappa shape index (κ2) is 7.19. The second-order valence-electron chi connectivity index (χ2n) is 5.19. The van der Waals surface area contributed by atoms with Crippen LogP contribution in [0.3, 0.4) is 0 Å². The van der Waals surface area contributed by atoms with Gasteiger partial charge in [0, 0.05) is 45.5 Å². The fourth-order valence-electron chi connectivity index (χ4n) is 2.74. The van der Waals surface area contributed by atoms with Crippen LogP contribution < -0.4 is 11.1 Å². The monoisotopic (exact) mass is 277 g/mol. The number of carbonyl (C=O) groups is 1. The molecule has 1 amide bonds. The van der Waals surface area contributed by atoms with E-state index in [4.69, 9.17) is 5.73 Å². The van der Waals surface area contributed by atoms with Crippen LogP contribution in [0.2, 0.25) is 0 Å². The minimum Gasteiger partial charge on any atom is -0.372 e. The average molecular weight is 277 g/mol. The lowest BCUT2D eigenvalue weighted by Gasteiger charge is -2.32. The number of hydrogen-bond donors (Lipinski definition) is 2. The lowest BCUT2D eigenvalue weighted by Crippen LogP contribution is -2.41. The van der Waals surface area contributed by atoms with Crippen molar-refractivity contribution in [2.75, 3.05) is 32.0 Å². The minimum atomic E-state index is 0.171. The number of aromatic nitrogens is 2. The first-order chi connectivity index (χ1) is 9.74. The summed E-state index contributed by atoms with van der Waals surface area (Å²) >= 11 is 0. The van der Waals surface area contributed by atoms with Crippen LogP contribution >= 0.6 is 0 Å². The van der Waals surface area contributed by atoms with Gasteiger partial charge in [0.15, 0.2) is 0 Å². The van der Waals surface area contributed by atoms with Crippen LogP contribution in [0.25, 0.3) is 0 Å². The highest BCUT2D eigenvalue weighted by Crippen LogP contribution is 2.22. The largest absolute Gasteiger partial charge is 0.372 e. The van der Waals surface area contributed by atoms with Gasteiger partial charge in [-0.2, -0.15) is 0 Å². The lowest BCUT2D eigenvalue weighted by molar-refractivity contribution is -0.132. The van der Waals surface area contributed by atoms with E-state index in [2.05, 4.69) is 15.3 Å². The Morgan fingerprint density at radius 2 is 2.30 bits per heavy atom. The maximum Gasteiger partial charge on any atom is 0.223 e. The van der Waals surface area contributed by atoms with Gasteiger partial charge in [-0.25, -0.2) is 4.98 Å². The van der Waals surface area contributed by atoms with Crippen molar-refractivity contribution in [3.05, 3.63) is 18.1 Å². The number of anilines is 1. The molecular formula is C14H23N5O. The van der Waals surface area contributed by atoms with Crippen LogP contribution in [0, 0.1) is 5.92 Å². The molecule has 2 rings (SSSR count). The Balaban J connectivity index is 1.97. The third-order valence-corrected chi connectivity index (χ3v) is 3.72. The Labute approximate surface area is 119 Å². The topological polar surface area (TPSA) is 84.1 Å². The fourth-order valence-corrected chi connectivity index (χ4v) is 2.74. The number of piperidine rings is 1. The van der Waals surface area contributed by atoms with Gasteiger partial charge in [-0.1, -0.05) is 0 Å². The highest BCUT2D eigenvalue weighted by atomic mass is 16.2. The molecule has 20 heavy (non-hydrogen) atoms. The van der Waals surface area contributed by atoms with Gasteiger partial charge in [-0.15, -0.1) is 0 Å². The van der Waals surface area contributed by atoms with E-state index in [9.17, 15) is 4.79 Å². The summed E-state index contributed by atoms with van der Waals surface area (Å²) in [5.41, 5.74) is 6.44. The third kappa shape index (κ3) is 3.66. The Kier molecular flexibility index (Phi) is 5.29. The number of nitrogens with zero attached hydrogens (tertiary/aromatic N) is 3. The van der Waals surface area contributed by atoms with Crippen LogP contribution in [0.15, 0.2) is 12.4 Å². The number of amides is 1. The molecule has 1 atom stereocenters. The molecule has 0 unspecified atom stereocenters. The van der Waals surface area contributed by atoms with Gasteiger partial charge in [0.1, 0.15) is 5.82 Å². The molecule has 1 aromatic rings. The molecule has 1 aliphatic rings. The van der Waals surface area contributed by atoms with E-state index >= 15 is 0 Å². The molecule has 3 N–H and O–H groups in total. The minimum absolute atomic E-state index is 0.171. The zero-order chi connectivity index (χ0) is 14.4. The summed E-state index contributed by atoms with van der Waals surface area (Å²) in [5, 5.41) is 3.07. The first-order valence-corrected chi connectivity index (χ1v) is 7.20. The molecule has 110 valence electrons. The first kappa shape index (κ1) is 14.7. The summed E-state index contributed by atoms with van der Waals surface area (Å²) in [5.74, 6) is 1.46. The lowest BCUT2D eigenvalue weighted by atomic mass is 9.93. The van der Waals surface area contributed by atoms with Gasteiger partial charge >= 0.3 is 0 Å². The fraction of sp³-hybridized carbons (Fsp3) is 0.643. The van der Waals surface area contributed by atoms with E-state index in [1.165, 1.54) is 0 Å². The average Bonchev–Trinajstić information content (AvgIpc) is 2.48. The van der Waals surface area contributed by atoms with E-state index in [-0.39, 0.29) is 5.91 Å². The number of nitrogens with one attached hydrogen (secondary N) is 1. The number of rotatable bonds is 5. The molecule has 0 radical (unpaired) electrons. The van der Waals surface area contributed by atoms with Crippen LogP contribution in [0.1, 0.15) is 25.0 Å². The molecule has 6 nitrogen and oxygen atoms in total. The molecule has 0 spiro atoms. The molecule has 6 heteroatoms. The Morgan fingerprint density at radius 1 is 1.50 bits per heavy atom. The van der Waals surface area contributed by atoms with E-state index in [0.717, 1.165) is 43.9 Å². The molecule has 2 heterocycles. The predicted octanol–water partition coefficient (Wildman–Crippen LogP) is 0.648. The summed E-state index contributed by atoms with van der Waals surface area (Å²) < 4.78 is 0. The molecule has 0 aromatic carbocycles. The predicted molar refractivity (Wildman–Crippen MR) is 78.3 cm³/mol. The van der Waals surface area contributed by atoms with Crippen LogP contribution in [-0.2, 0) is 11.2 Å².